The maximum atomic E-state index is 2.38. The predicted molar refractivity (Wildman–Crippen MR) is 226 cm³/mol. The van der Waals surface area contributed by atoms with E-state index in [2.05, 4.69) is 205 Å². The van der Waals surface area contributed by atoms with Crippen LogP contribution in [-0.4, -0.2) is 4.57 Å². The average Bonchev–Trinajstić information content (AvgIpc) is 3.57. The van der Waals surface area contributed by atoms with Crippen LogP contribution in [-0.2, 0) is 0 Å². The van der Waals surface area contributed by atoms with E-state index < -0.39 is 0 Å². The molecule has 0 radical (unpaired) electrons. The van der Waals surface area contributed by atoms with Gasteiger partial charge in [-0.15, -0.1) is 0 Å². The number of fused-ring (bicyclic) bond motifs is 3. The van der Waals surface area contributed by atoms with Crippen molar-refractivity contribution in [2.45, 2.75) is 0 Å². The topological polar surface area (TPSA) is 4.93 Å². The molecule has 11 aromatic rings. The van der Waals surface area contributed by atoms with E-state index in [1.807, 2.05) is 0 Å². The highest BCUT2D eigenvalue weighted by molar-refractivity contribution is 6.28. The lowest BCUT2D eigenvalue weighted by Crippen LogP contribution is -1.94. The van der Waals surface area contributed by atoms with Crippen LogP contribution in [0.2, 0.25) is 0 Å². The monoisotopic (exact) mass is 671 g/mol. The first-order valence-corrected chi connectivity index (χ1v) is 18.3. The minimum absolute atomic E-state index is 1.17. The smallest absolute Gasteiger partial charge is 0.0541 e. The van der Waals surface area contributed by atoms with Crippen molar-refractivity contribution in [3.63, 3.8) is 0 Å². The molecule has 10 aromatic carbocycles. The first-order chi connectivity index (χ1) is 26.3. The summed E-state index contributed by atoms with van der Waals surface area (Å²) < 4.78 is 2.38. The molecule has 0 saturated carbocycles. The van der Waals surface area contributed by atoms with Gasteiger partial charge < -0.3 is 4.57 Å². The number of rotatable bonds is 5. The molecular weight excluding hydrogens is 639 g/mol. The highest BCUT2D eigenvalue weighted by Crippen LogP contribution is 2.44. The van der Waals surface area contributed by atoms with Crippen LogP contribution in [0.4, 0.5) is 0 Å². The summed E-state index contributed by atoms with van der Waals surface area (Å²) in [7, 11) is 0. The molecule has 0 unspecified atom stereocenters. The molecule has 1 nitrogen and oxygen atoms in total. The van der Waals surface area contributed by atoms with Gasteiger partial charge in [-0.3, -0.25) is 0 Å². The number of nitrogens with zero attached hydrogens (tertiary/aromatic N) is 1. The molecule has 53 heavy (non-hydrogen) atoms. The number of hydrogen-bond acceptors (Lipinski definition) is 0. The van der Waals surface area contributed by atoms with Crippen LogP contribution in [0.5, 0.6) is 0 Å². The second kappa shape index (κ2) is 11.8. The molecule has 1 heterocycles. The summed E-state index contributed by atoms with van der Waals surface area (Å²) in [5, 5.41) is 10.3. The van der Waals surface area contributed by atoms with Crippen LogP contribution in [0, 0.1) is 0 Å². The van der Waals surface area contributed by atoms with Gasteiger partial charge in [-0.05, 0) is 107 Å². The van der Waals surface area contributed by atoms with E-state index in [0.717, 1.165) is 0 Å². The fraction of sp³-hybridized carbons (Fsp3) is 0. The highest BCUT2D eigenvalue weighted by atomic mass is 15.0. The van der Waals surface area contributed by atoms with Gasteiger partial charge in [0.25, 0.3) is 0 Å². The normalized spacial score (nSPS) is 11.8. The van der Waals surface area contributed by atoms with E-state index in [9.17, 15) is 0 Å². The number of para-hydroxylation sites is 2. The minimum Gasteiger partial charge on any atom is -0.309 e. The molecule has 0 bridgehead atoms. The number of benzene rings is 10. The van der Waals surface area contributed by atoms with Crippen molar-refractivity contribution in [3.8, 4) is 50.2 Å². The predicted octanol–water partition coefficient (Wildman–Crippen LogP) is 14.3. The summed E-state index contributed by atoms with van der Waals surface area (Å²) in [5.41, 5.74) is 13.5. The van der Waals surface area contributed by atoms with Crippen LogP contribution in [0.1, 0.15) is 0 Å². The maximum absolute atomic E-state index is 2.38. The molecule has 0 aliphatic carbocycles. The van der Waals surface area contributed by atoms with Crippen LogP contribution in [0.15, 0.2) is 200 Å². The Morgan fingerprint density at radius 2 is 0.792 bits per heavy atom. The zero-order valence-corrected chi connectivity index (χ0v) is 29.0. The lowest BCUT2D eigenvalue weighted by molar-refractivity contribution is 1.18. The summed E-state index contributed by atoms with van der Waals surface area (Å²) in [5.74, 6) is 0. The molecule has 0 saturated heterocycles. The third kappa shape index (κ3) is 4.64. The van der Waals surface area contributed by atoms with Gasteiger partial charge >= 0.3 is 0 Å². The molecule has 11 rings (SSSR count). The van der Waals surface area contributed by atoms with Gasteiger partial charge in [-0.25, -0.2) is 0 Å². The van der Waals surface area contributed by atoms with E-state index in [4.69, 9.17) is 0 Å². The SMILES string of the molecule is c1ccc(-c2cccc(-c3ccccc3-c3ccc4ccc5c(-c6ccc(-n7c8ccccc8c8ccccc87)cc6)ccc6ccc3c4c65)c2)cc1. The Kier molecular flexibility index (Phi) is 6.62. The fourth-order valence-electron chi connectivity index (χ4n) is 8.74. The minimum atomic E-state index is 1.17. The number of aromatic nitrogens is 1. The van der Waals surface area contributed by atoms with Crippen LogP contribution in [0.3, 0.4) is 0 Å². The van der Waals surface area contributed by atoms with Crippen molar-refractivity contribution in [2.75, 3.05) is 0 Å². The number of hydrogen-bond donors (Lipinski definition) is 0. The Bertz CT molecular complexity index is 3090. The quantitative estimate of drug-likeness (QED) is 0.161. The van der Waals surface area contributed by atoms with Crippen molar-refractivity contribution in [2.24, 2.45) is 0 Å². The summed E-state index contributed by atoms with van der Waals surface area (Å²) in [4.78, 5) is 0. The van der Waals surface area contributed by atoms with E-state index in [1.54, 1.807) is 0 Å². The fourth-order valence-corrected chi connectivity index (χ4v) is 8.74. The molecule has 0 N–H and O–H groups in total. The van der Waals surface area contributed by atoms with Gasteiger partial charge in [0.1, 0.15) is 0 Å². The lowest BCUT2D eigenvalue weighted by Gasteiger charge is -2.18. The second-order valence-electron chi connectivity index (χ2n) is 14.1. The van der Waals surface area contributed by atoms with Crippen LogP contribution >= 0.6 is 0 Å². The van der Waals surface area contributed by atoms with Gasteiger partial charge in [0.15, 0.2) is 0 Å². The zero-order chi connectivity index (χ0) is 34.9. The summed E-state index contributed by atoms with van der Waals surface area (Å²) >= 11 is 0. The molecule has 0 amide bonds. The molecule has 0 atom stereocenters. The molecule has 0 fully saturated rings. The standard InChI is InChI=1S/C52H33N/c1-2-11-34(12-3-1)38-13-10-14-39(33-38)41-15-4-5-16-43(41)44-30-24-37-25-31-47-42(29-23-36-26-32-48(44)52(37)51(36)47)35-21-27-40(28-22-35)53-49-19-8-6-17-45(49)46-18-7-9-20-50(46)53/h1-33H. The van der Waals surface area contributed by atoms with Gasteiger partial charge in [0, 0.05) is 16.5 Å². The van der Waals surface area contributed by atoms with Crippen molar-refractivity contribution in [3.05, 3.63) is 200 Å². The Hall–Kier alpha value is -6.96. The molecular formula is C52H33N. The third-order valence-corrected chi connectivity index (χ3v) is 11.2. The second-order valence-corrected chi connectivity index (χ2v) is 14.1. The lowest BCUT2D eigenvalue weighted by atomic mass is 9.85. The average molecular weight is 672 g/mol. The van der Waals surface area contributed by atoms with E-state index >= 15 is 0 Å². The summed E-state index contributed by atoms with van der Waals surface area (Å²) in [6.45, 7) is 0. The van der Waals surface area contributed by atoms with Crippen LogP contribution < -0.4 is 0 Å². The molecule has 0 spiro atoms. The van der Waals surface area contributed by atoms with E-state index in [1.165, 1.54) is 104 Å². The molecule has 1 heteroatoms. The van der Waals surface area contributed by atoms with Gasteiger partial charge in [-0.1, -0.05) is 170 Å². The van der Waals surface area contributed by atoms with Crippen molar-refractivity contribution in [1.29, 1.82) is 0 Å². The van der Waals surface area contributed by atoms with Crippen molar-refractivity contribution >= 4 is 54.1 Å². The maximum Gasteiger partial charge on any atom is 0.0541 e. The van der Waals surface area contributed by atoms with Gasteiger partial charge in [-0.2, -0.15) is 0 Å². The first kappa shape index (κ1) is 29.7. The van der Waals surface area contributed by atoms with E-state index in [-0.39, 0.29) is 0 Å². The Morgan fingerprint density at radius 1 is 0.264 bits per heavy atom. The molecule has 246 valence electrons. The van der Waals surface area contributed by atoms with Crippen molar-refractivity contribution < 1.29 is 0 Å². The van der Waals surface area contributed by atoms with Gasteiger partial charge in [0.2, 0.25) is 0 Å². The summed E-state index contributed by atoms with van der Waals surface area (Å²) in [6.07, 6.45) is 0. The summed E-state index contributed by atoms with van der Waals surface area (Å²) in [6, 6.07) is 73.4. The van der Waals surface area contributed by atoms with Crippen molar-refractivity contribution in [1.82, 2.24) is 4.57 Å². The highest BCUT2D eigenvalue weighted by Gasteiger charge is 2.18. The van der Waals surface area contributed by atoms with Gasteiger partial charge in [0.05, 0.1) is 11.0 Å². The van der Waals surface area contributed by atoms with Crippen LogP contribution in [0.25, 0.3) is 104 Å². The Labute approximate surface area is 308 Å². The molecule has 0 aliphatic heterocycles. The Morgan fingerprint density at radius 3 is 1.49 bits per heavy atom. The zero-order valence-electron chi connectivity index (χ0n) is 29.0. The first-order valence-electron chi connectivity index (χ1n) is 18.3. The molecule has 0 aliphatic rings. The third-order valence-electron chi connectivity index (χ3n) is 11.2. The largest absolute Gasteiger partial charge is 0.309 e. The molecule has 1 aromatic heterocycles. The Balaban J connectivity index is 1.05. The van der Waals surface area contributed by atoms with E-state index in [0.29, 0.717) is 0 Å².